The van der Waals surface area contributed by atoms with Gasteiger partial charge in [0.15, 0.2) is 0 Å². The van der Waals surface area contributed by atoms with Gasteiger partial charge in [-0.05, 0) is 19.8 Å². The van der Waals surface area contributed by atoms with Crippen LogP contribution in [-0.2, 0) is 0 Å². The fraction of sp³-hybridized carbons (Fsp3) is 0.818. The first kappa shape index (κ1) is 11.8. The van der Waals surface area contributed by atoms with Crippen LogP contribution in [0.2, 0.25) is 0 Å². The van der Waals surface area contributed by atoms with Crippen LogP contribution in [0.5, 0.6) is 0 Å². The second-order valence-corrected chi connectivity index (χ2v) is 5.08. The zero-order chi connectivity index (χ0) is 11.5. The van der Waals surface area contributed by atoms with Gasteiger partial charge in [-0.2, -0.15) is 4.37 Å². The number of hydrogen-bond acceptors (Lipinski definition) is 5. The molecule has 1 saturated heterocycles. The Labute approximate surface area is 101 Å². The maximum absolute atomic E-state index is 4.51. The van der Waals surface area contributed by atoms with Crippen LogP contribution >= 0.6 is 11.5 Å². The van der Waals surface area contributed by atoms with Crippen LogP contribution in [0.1, 0.15) is 32.5 Å². The van der Waals surface area contributed by atoms with E-state index < -0.39 is 0 Å². The van der Waals surface area contributed by atoms with Crippen molar-refractivity contribution in [2.45, 2.75) is 45.7 Å². The third kappa shape index (κ3) is 2.35. The summed E-state index contributed by atoms with van der Waals surface area (Å²) < 4.78 is 4.28. The first-order valence-corrected chi connectivity index (χ1v) is 6.82. The van der Waals surface area contributed by atoms with E-state index in [-0.39, 0.29) is 0 Å². The fourth-order valence-corrected chi connectivity index (χ4v) is 2.90. The Morgan fingerprint density at radius 2 is 2.25 bits per heavy atom. The SMILES string of the molecule is CCC1CN(c2nc(C)ns2)C(CC)CN1. The van der Waals surface area contributed by atoms with Crippen LogP contribution in [-0.4, -0.2) is 34.5 Å². The fourth-order valence-electron chi connectivity index (χ4n) is 2.14. The molecule has 2 heterocycles. The summed E-state index contributed by atoms with van der Waals surface area (Å²) in [7, 11) is 0. The lowest BCUT2D eigenvalue weighted by Crippen LogP contribution is -2.56. The van der Waals surface area contributed by atoms with Gasteiger partial charge in [-0.15, -0.1) is 0 Å². The molecule has 2 unspecified atom stereocenters. The minimum Gasteiger partial charge on any atom is -0.341 e. The van der Waals surface area contributed by atoms with Gasteiger partial charge >= 0.3 is 0 Å². The van der Waals surface area contributed by atoms with Crippen molar-refractivity contribution in [1.82, 2.24) is 14.7 Å². The lowest BCUT2D eigenvalue weighted by atomic mass is 10.1. The van der Waals surface area contributed by atoms with E-state index in [2.05, 4.69) is 33.4 Å². The zero-order valence-corrected chi connectivity index (χ0v) is 11.0. The van der Waals surface area contributed by atoms with Gasteiger partial charge < -0.3 is 10.2 Å². The number of anilines is 1. The van der Waals surface area contributed by atoms with Gasteiger partial charge in [-0.1, -0.05) is 13.8 Å². The molecule has 0 aliphatic carbocycles. The van der Waals surface area contributed by atoms with Crippen LogP contribution in [0.15, 0.2) is 0 Å². The molecule has 5 heteroatoms. The van der Waals surface area contributed by atoms with Crippen molar-refractivity contribution in [2.24, 2.45) is 0 Å². The van der Waals surface area contributed by atoms with Crippen molar-refractivity contribution in [3.63, 3.8) is 0 Å². The van der Waals surface area contributed by atoms with E-state index in [0.29, 0.717) is 12.1 Å². The molecule has 0 amide bonds. The molecule has 0 saturated carbocycles. The molecule has 1 N–H and O–H groups in total. The van der Waals surface area contributed by atoms with E-state index in [1.807, 2.05) is 6.92 Å². The van der Waals surface area contributed by atoms with E-state index >= 15 is 0 Å². The van der Waals surface area contributed by atoms with Crippen LogP contribution in [0.3, 0.4) is 0 Å². The average molecular weight is 240 g/mol. The molecule has 0 radical (unpaired) electrons. The standard InChI is InChI=1S/C11H20N4S/c1-4-9-7-15(10(5-2)6-12-9)11-13-8(3)14-16-11/h9-10,12H,4-7H2,1-3H3. The molecule has 1 fully saturated rings. The Morgan fingerprint density at radius 3 is 2.81 bits per heavy atom. The van der Waals surface area contributed by atoms with Gasteiger partial charge in [0, 0.05) is 36.7 Å². The number of rotatable bonds is 3. The Hall–Kier alpha value is -0.680. The summed E-state index contributed by atoms with van der Waals surface area (Å²) in [6.45, 7) is 8.55. The number of aryl methyl sites for hydroxylation is 1. The molecule has 1 aliphatic rings. The van der Waals surface area contributed by atoms with Crippen LogP contribution in [0.4, 0.5) is 5.13 Å². The lowest BCUT2D eigenvalue weighted by Gasteiger charge is -2.39. The third-order valence-corrected chi connectivity index (χ3v) is 4.07. The van der Waals surface area contributed by atoms with E-state index in [1.54, 1.807) is 0 Å². The second-order valence-electron chi connectivity index (χ2n) is 4.35. The van der Waals surface area contributed by atoms with Crippen molar-refractivity contribution < 1.29 is 0 Å². The minimum absolute atomic E-state index is 0.565. The maximum atomic E-state index is 4.51. The van der Waals surface area contributed by atoms with Crippen LogP contribution in [0.25, 0.3) is 0 Å². The minimum atomic E-state index is 0.565. The van der Waals surface area contributed by atoms with E-state index in [0.717, 1.165) is 30.5 Å². The van der Waals surface area contributed by atoms with Crippen molar-refractivity contribution in [3.8, 4) is 0 Å². The smallest absolute Gasteiger partial charge is 0.205 e. The van der Waals surface area contributed by atoms with Crippen LogP contribution in [0, 0.1) is 6.92 Å². The number of nitrogens with zero attached hydrogens (tertiary/aromatic N) is 3. The summed E-state index contributed by atoms with van der Waals surface area (Å²) in [6, 6.07) is 1.15. The molecule has 0 aromatic carbocycles. The van der Waals surface area contributed by atoms with Crippen molar-refractivity contribution in [3.05, 3.63) is 5.82 Å². The molecule has 0 bridgehead atoms. The molecule has 1 aliphatic heterocycles. The highest BCUT2D eigenvalue weighted by Crippen LogP contribution is 2.23. The molecule has 2 rings (SSSR count). The highest BCUT2D eigenvalue weighted by atomic mass is 32.1. The lowest BCUT2D eigenvalue weighted by molar-refractivity contribution is 0.378. The number of piperazine rings is 1. The quantitative estimate of drug-likeness (QED) is 0.875. The highest BCUT2D eigenvalue weighted by Gasteiger charge is 2.27. The molecular formula is C11H20N4S. The first-order valence-electron chi connectivity index (χ1n) is 6.04. The molecule has 0 spiro atoms. The zero-order valence-electron chi connectivity index (χ0n) is 10.2. The second kappa shape index (κ2) is 5.10. The van der Waals surface area contributed by atoms with Crippen molar-refractivity contribution in [2.75, 3.05) is 18.0 Å². The summed E-state index contributed by atoms with van der Waals surface area (Å²) in [6.07, 6.45) is 2.33. The summed E-state index contributed by atoms with van der Waals surface area (Å²) in [5, 5.41) is 4.68. The number of aromatic nitrogens is 2. The van der Waals surface area contributed by atoms with E-state index in [4.69, 9.17) is 0 Å². The largest absolute Gasteiger partial charge is 0.341 e. The molecule has 1 aromatic heterocycles. The van der Waals surface area contributed by atoms with E-state index in [1.165, 1.54) is 18.0 Å². The monoisotopic (exact) mass is 240 g/mol. The molecule has 1 aromatic rings. The molecular weight excluding hydrogens is 220 g/mol. The summed E-state index contributed by atoms with van der Waals surface area (Å²) in [5.41, 5.74) is 0. The molecule has 16 heavy (non-hydrogen) atoms. The van der Waals surface area contributed by atoms with Crippen LogP contribution < -0.4 is 10.2 Å². The number of nitrogens with one attached hydrogen (secondary N) is 1. The molecule has 90 valence electrons. The highest BCUT2D eigenvalue weighted by molar-refractivity contribution is 7.09. The summed E-state index contributed by atoms with van der Waals surface area (Å²) >= 11 is 1.52. The van der Waals surface area contributed by atoms with Crippen molar-refractivity contribution in [1.29, 1.82) is 0 Å². The maximum Gasteiger partial charge on any atom is 0.205 e. The van der Waals surface area contributed by atoms with Gasteiger partial charge in [-0.3, -0.25) is 0 Å². The number of hydrogen-bond donors (Lipinski definition) is 1. The van der Waals surface area contributed by atoms with Gasteiger partial charge in [0.2, 0.25) is 5.13 Å². The Morgan fingerprint density at radius 1 is 1.44 bits per heavy atom. The van der Waals surface area contributed by atoms with Crippen molar-refractivity contribution >= 4 is 16.7 Å². The van der Waals surface area contributed by atoms with Gasteiger partial charge in [0.25, 0.3) is 0 Å². The predicted molar refractivity (Wildman–Crippen MR) is 68.2 cm³/mol. The Bertz CT molecular complexity index is 338. The van der Waals surface area contributed by atoms with E-state index in [9.17, 15) is 0 Å². The normalized spacial score (nSPS) is 26.1. The Kier molecular flexibility index (Phi) is 3.76. The first-order chi connectivity index (χ1) is 7.74. The van der Waals surface area contributed by atoms with Gasteiger partial charge in [-0.25, -0.2) is 4.98 Å². The summed E-state index contributed by atoms with van der Waals surface area (Å²) in [4.78, 5) is 6.93. The summed E-state index contributed by atoms with van der Waals surface area (Å²) in [5.74, 6) is 0.890. The molecule has 2 atom stereocenters. The topological polar surface area (TPSA) is 41.1 Å². The third-order valence-electron chi connectivity index (χ3n) is 3.23. The van der Waals surface area contributed by atoms with Gasteiger partial charge in [0.05, 0.1) is 0 Å². The Balaban J connectivity index is 2.14. The van der Waals surface area contributed by atoms with Gasteiger partial charge in [0.1, 0.15) is 5.82 Å². The predicted octanol–water partition coefficient (Wildman–Crippen LogP) is 1.81. The average Bonchev–Trinajstić information content (AvgIpc) is 2.75. The molecule has 4 nitrogen and oxygen atoms in total.